The summed E-state index contributed by atoms with van der Waals surface area (Å²) in [6.07, 6.45) is 4.69. The normalized spacial score (nSPS) is 16.4. The highest BCUT2D eigenvalue weighted by Crippen LogP contribution is 2.44. The predicted octanol–water partition coefficient (Wildman–Crippen LogP) is 5.28. The van der Waals surface area contributed by atoms with E-state index in [2.05, 4.69) is 54.4 Å². The minimum Gasteiger partial charge on any atom is -0.359 e. The Kier molecular flexibility index (Phi) is 2.43. The molecule has 1 N–H and O–H groups in total. The van der Waals surface area contributed by atoms with Gasteiger partial charge >= 0.3 is 0 Å². The zero-order valence-corrected chi connectivity index (χ0v) is 12.9. The average molecular weight is 285 g/mol. The number of nitrogens with one attached hydrogen (secondary N) is 1. The number of hydrogen-bond acceptors (Lipinski definition) is 0. The molecule has 0 saturated carbocycles. The summed E-state index contributed by atoms with van der Waals surface area (Å²) in [4.78, 5) is 3.61. The molecule has 1 nitrogen and oxygen atoms in total. The Morgan fingerprint density at radius 1 is 0.773 bits per heavy atom. The van der Waals surface area contributed by atoms with E-state index in [9.17, 15) is 0 Å². The molecule has 0 atom stereocenters. The van der Waals surface area contributed by atoms with Gasteiger partial charge < -0.3 is 4.98 Å². The number of allylic oxidation sites excluding steroid dienone is 2. The fourth-order valence-electron chi connectivity index (χ4n) is 4.28. The van der Waals surface area contributed by atoms with Crippen molar-refractivity contribution in [1.29, 1.82) is 0 Å². The van der Waals surface area contributed by atoms with Crippen molar-refractivity contribution in [2.75, 3.05) is 0 Å². The minimum absolute atomic E-state index is 1.16. The van der Waals surface area contributed by atoms with Crippen molar-refractivity contribution in [2.45, 2.75) is 32.6 Å². The van der Waals surface area contributed by atoms with Crippen LogP contribution in [0.25, 0.3) is 21.9 Å². The molecule has 22 heavy (non-hydrogen) atoms. The SMILES string of the molecule is Cc1cc2c([nH]1)C1=C(CC2)c2cc3ccccc3cc2CC1. The Morgan fingerprint density at radius 3 is 2.36 bits per heavy atom. The summed E-state index contributed by atoms with van der Waals surface area (Å²) >= 11 is 0. The van der Waals surface area contributed by atoms with Crippen LogP contribution >= 0.6 is 0 Å². The Hall–Kier alpha value is -2.28. The van der Waals surface area contributed by atoms with Crippen LogP contribution in [0.1, 0.15) is 40.9 Å². The quantitative estimate of drug-likeness (QED) is 0.578. The maximum absolute atomic E-state index is 3.61. The first-order valence-electron chi connectivity index (χ1n) is 8.22. The van der Waals surface area contributed by atoms with Crippen LogP contribution in [-0.4, -0.2) is 4.98 Å². The summed E-state index contributed by atoms with van der Waals surface area (Å²) < 4.78 is 0. The summed E-state index contributed by atoms with van der Waals surface area (Å²) in [7, 11) is 0. The number of H-pyrrole nitrogens is 1. The summed E-state index contributed by atoms with van der Waals surface area (Å²) in [5.74, 6) is 0. The molecule has 0 fully saturated rings. The highest BCUT2D eigenvalue weighted by Gasteiger charge is 2.26. The zero-order chi connectivity index (χ0) is 14.7. The molecule has 2 aromatic carbocycles. The zero-order valence-electron chi connectivity index (χ0n) is 12.9. The summed E-state index contributed by atoms with van der Waals surface area (Å²) in [5.41, 5.74) is 10.4. The Balaban J connectivity index is 1.77. The van der Waals surface area contributed by atoms with Crippen molar-refractivity contribution < 1.29 is 0 Å². The van der Waals surface area contributed by atoms with Crippen LogP contribution in [0.4, 0.5) is 0 Å². The van der Waals surface area contributed by atoms with Gasteiger partial charge in [0.05, 0.1) is 0 Å². The molecule has 1 heteroatoms. The summed E-state index contributed by atoms with van der Waals surface area (Å²) in [6.45, 7) is 2.17. The van der Waals surface area contributed by atoms with Crippen molar-refractivity contribution in [1.82, 2.24) is 4.98 Å². The van der Waals surface area contributed by atoms with Gasteiger partial charge in [0.1, 0.15) is 0 Å². The molecular weight excluding hydrogens is 266 g/mol. The minimum atomic E-state index is 1.16. The first-order valence-corrected chi connectivity index (χ1v) is 8.22. The molecule has 0 radical (unpaired) electrons. The van der Waals surface area contributed by atoms with Gasteiger partial charge in [0.25, 0.3) is 0 Å². The molecule has 108 valence electrons. The lowest BCUT2D eigenvalue weighted by atomic mass is 9.77. The number of rotatable bonds is 0. The van der Waals surface area contributed by atoms with Gasteiger partial charge in [0.2, 0.25) is 0 Å². The molecule has 0 unspecified atom stereocenters. The van der Waals surface area contributed by atoms with Crippen LogP contribution in [0, 0.1) is 6.92 Å². The van der Waals surface area contributed by atoms with Gasteiger partial charge in [-0.3, -0.25) is 0 Å². The van der Waals surface area contributed by atoms with Gasteiger partial charge in [-0.15, -0.1) is 0 Å². The van der Waals surface area contributed by atoms with Gasteiger partial charge in [0.15, 0.2) is 0 Å². The van der Waals surface area contributed by atoms with E-state index in [-0.39, 0.29) is 0 Å². The molecule has 0 amide bonds. The standard InChI is InChI=1S/C21H19N/c1-13-10-17-7-8-18-19(21(17)22-13)9-6-16-11-14-4-2-3-5-15(14)12-20(16)18/h2-5,10-12,22H,6-9H2,1H3. The Bertz CT molecular complexity index is 940. The van der Waals surface area contributed by atoms with Gasteiger partial charge in [-0.2, -0.15) is 0 Å². The highest BCUT2D eigenvalue weighted by atomic mass is 14.7. The lowest BCUT2D eigenvalue weighted by molar-refractivity contribution is 0.915. The van der Waals surface area contributed by atoms with E-state index in [0.717, 1.165) is 6.42 Å². The van der Waals surface area contributed by atoms with Crippen LogP contribution < -0.4 is 0 Å². The van der Waals surface area contributed by atoms with Crippen LogP contribution in [-0.2, 0) is 12.8 Å². The second kappa shape index (κ2) is 4.36. The molecule has 0 saturated heterocycles. The van der Waals surface area contributed by atoms with E-state index in [4.69, 9.17) is 0 Å². The van der Waals surface area contributed by atoms with Crippen LogP contribution in [0.2, 0.25) is 0 Å². The fraction of sp³-hybridized carbons (Fsp3) is 0.238. The third-order valence-corrected chi connectivity index (χ3v) is 5.29. The second-order valence-corrected chi connectivity index (χ2v) is 6.67. The average Bonchev–Trinajstić information content (AvgIpc) is 2.93. The number of benzene rings is 2. The summed E-state index contributed by atoms with van der Waals surface area (Å²) in [5, 5.41) is 2.74. The maximum Gasteiger partial charge on any atom is 0.0450 e. The van der Waals surface area contributed by atoms with Gasteiger partial charge in [-0.1, -0.05) is 30.3 Å². The van der Waals surface area contributed by atoms with Crippen LogP contribution in [0.3, 0.4) is 0 Å². The number of hydrogen-bond donors (Lipinski definition) is 1. The van der Waals surface area contributed by atoms with Crippen molar-refractivity contribution in [3.8, 4) is 0 Å². The first kappa shape index (κ1) is 12.3. The van der Waals surface area contributed by atoms with Crippen molar-refractivity contribution in [3.05, 3.63) is 70.5 Å². The predicted molar refractivity (Wildman–Crippen MR) is 92.9 cm³/mol. The topological polar surface area (TPSA) is 15.8 Å². The molecule has 0 spiro atoms. The first-order chi connectivity index (χ1) is 10.8. The van der Waals surface area contributed by atoms with E-state index in [1.807, 2.05) is 0 Å². The van der Waals surface area contributed by atoms with Crippen molar-refractivity contribution >= 4 is 21.9 Å². The molecule has 0 aliphatic heterocycles. The van der Waals surface area contributed by atoms with Crippen LogP contribution in [0.15, 0.2) is 42.5 Å². The molecule has 5 rings (SSSR count). The number of aromatic nitrogens is 1. The molecule has 0 bridgehead atoms. The molecule has 2 aliphatic rings. The second-order valence-electron chi connectivity index (χ2n) is 6.67. The Labute approximate surface area is 130 Å². The molecular formula is C21H19N. The number of aromatic amines is 1. The molecule has 2 aliphatic carbocycles. The van der Waals surface area contributed by atoms with E-state index in [0.29, 0.717) is 0 Å². The van der Waals surface area contributed by atoms with Crippen molar-refractivity contribution in [3.63, 3.8) is 0 Å². The smallest absolute Gasteiger partial charge is 0.0450 e. The monoisotopic (exact) mass is 285 g/mol. The summed E-state index contributed by atoms with van der Waals surface area (Å²) in [6, 6.07) is 15.9. The highest BCUT2D eigenvalue weighted by molar-refractivity contribution is 5.98. The number of fused-ring (bicyclic) bond motifs is 5. The van der Waals surface area contributed by atoms with Crippen molar-refractivity contribution in [2.24, 2.45) is 0 Å². The largest absolute Gasteiger partial charge is 0.359 e. The Morgan fingerprint density at radius 2 is 1.50 bits per heavy atom. The van der Waals surface area contributed by atoms with E-state index >= 15 is 0 Å². The van der Waals surface area contributed by atoms with E-state index in [1.165, 1.54) is 58.1 Å². The van der Waals surface area contributed by atoms with Gasteiger partial charge in [-0.05, 0) is 83.3 Å². The maximum atomic E-state index is 3.61. The van der Waals surface area contributed by atoms with Gasteiger partial charge in [0, 0.05) is 11.4 Å². The van der Waals surface area contributed by atoms with Crippen LogP contribution in [0.5, 0.6) is 0 Å². The van der Waals surface area contributed by atoms with E-state index < -0.39 is 0 Å². The van der Waals surface area contributed by atoms with Gasteiger partial charge in [-0.25, -0.2) is 0 Å². The number of aryl methyl sites for hydroxylation is 3. The molecule has 3 aromatic rings. The lowest BCUT2D eigenvalue weighted by Crippen LogP contribution is -2.11. The lowest BCUT2D eigenvalue weighted by Gasteiger charge is -2.28. The fourth-order valence-corrected chi connectivity index (χ4v) is 4.28. The third-order valence-electron chi connectivity index (χ3n) is 5.29. The molecule has 1 aromatic heterocycles. The molecule has 1 heterocycles. The van der Waals surface area contributed by atoms with E-state index in [1.54, 1.807) is 11.1 Å². The third kappa shape index (κ3) is 1.65.